The predicted molar refractivity (Wildman–Crippen MR) is 300 cm³/mol. The average Bonchev–Trinajstić information content (AvgIpc) is 4.03. The number of benzene rings is 2. The Morgan fingerprint density at radius 2 is 1.31 bits per heavy atom. The Morgan fingerprint density at radius 3 is 1.88 bits per heavy atom. The number of Topliss-reactive ketones (excluding diaryl/α,β-unsaturated/α-hetero) is 1. The van der Waals surface area contributed by atoms with Crippen molar-refractivity contribution in [1.82, 2.24) is 0 Å². The zero-order valence-corrected chi connectivity index (χ0v) is 48.8. The molecule has 1 N–H and O–H groups in total. The standard InChI is InChI=1S/C60H96NO11PSi/c1-9-11-13-15-17-18-19-20-21-22-23-25-33-41-58(63)67-47-49(48-69-73(65,66)68-44-43-61(6,7)8)70-59(64)42-34-40-55-57(71-55)45-53-52(39-32-24-16-14-12-10-2)56(46-54(53)62)72-74(60(3,4)5,50-35-28-26-29-36-50)51-37-30-27-31-38-51/h24,26-32,35-38,45,49,52,55-57H,9-23,25,33-34,39-44,46-48H2,1-8H3/p+1/b32-24-,53-45-/t49-,52-,55-,56-,57-/m1/s1. The van der Waals surface area contributed by atoms with E-state index in [1.807, 2.05) is 39.4 Å². The van der Waals surface area contributed by atoms with Gasteiger partial charge in [0.1, 0.15) is 25.9 Å². The number of esters is 2. The van der Waals surface area contributed by atoms with Crippen molar-refractivity contribution in [3.63, 3.8) is 0 Å². The lowest BCUT2D eigenvalue weighted by Gasteiger charge is -2.45. The van der Waals surface area contributed by atoms with Crippen LogP contribution in [-0.4, -0.2) is 107 Å². The maximum absolute atomic E-state index is 14.2. The summed E-state index contributed by atoms with van der Waals surface area (Å²) in [5, 5.41) is 2.10. The number of hydrogen-bond donors (Lipinski definition) is 1. The van der Waals surface area contributed by atoms with Gasteiger partial charge in [0.15, 0.2) is 11.9 Å². The molecule has 74 heavy (non-hydrogen) atoms. The topological polar surface area (TPSA) is 147 Å². The molecule has 1 saturated carbocycles. The quantitative estimate of drug-likeness (QED) is 0.00997. The number of hydrogen-bond acceptors (Lipinski definition) is 10. The number of nitrogens with zero attached hydrogens (tertiary/aromatic N) is 1. The Labute approximate surface area is 448 Å². The molecule has 0 amide bonds. The zero-order chi connectivity index (χ0) is 53.9. The van der Waals surface area contributed by atoms with E-state index in [4.69, 9.17) is 27.7 Å². The van der Waals surface area contributed by atoms with Crippen LogP contribution in [0, 0.1) is 5.92 Å². The molecule has 0 bridgehead atoms. The minimum absolute atomic E-state index is 0.0158. The molecule has 2 aliphatic rings. The Balaban J connectivity index is 1.34. The minimum atomic E-state index is -4.48. The highest BCUT2D eigenvalue weighted by atomic mass is 31.2. The second-order valence-corrected chi connectivity index (χ2v) is 28.5. The van der Waals surface area contributed by atoms with E-state index in [0.717, 1.165) is 44.1 Å². The van der Waals surface area contributed by atoms with E-state index in [9.17, 15) is 23.8 Å². The molecule has 2 aromatic carbocycles. The van der Waals surface area contributed by atoms with Crippen LogP contribution in [0.15, 0.2) is 84.5 Å². The van der Waals surface area contributed by atoms with Gasteiger partial charge in [-0.25, -0.2) is 4.57 Å². The van der Waals surface area contributed by atoms with Crippen molar-refractivity contribution in [3.8, 4) is 0 Å². The Bertz CT molecular complexity index is 1990. The minimum Gasteiger partial charge on any atom is -0.462 e. The fourth-order valence-corrected chi connectivity index (χ4v) is 15.4. The molecule has 4 rings (SSSR count). The van der Waals surface area contributed by atoms with Gasteiger partial charge in [0.25, 0.3) is 8.32 Å². The molecule has 6 atom stereocenters. The van der Waals surface area contributed by atoms with Crippen LogP contribution in [0.5, 0.6) is 0 Å². The largest absolute Gasteiger partial charge is 0.472 e. The van der Waals surface area contributed by atoms with E-state index >= 15 is 0 Å². The lowest BCUT2D eigenvalue weighted by atomic mass is 9.95. The average molecular weight is 1070 g/mol. The third kappa shape index (κ3) is 23.1. The van der Waals surface area contributed by atoms with Gasteiger partial charge in [-0.1, -0.05) is 197 Å². The molecule has 0 aromatic heterocycles. The number of epoxide rings is 1. The van der Waals surface area contributed by atoms with Crippen molar-refractivity contribution in [1.29, 1.82) is 0 Å². The first kappa shape index (κ1) is 63.3. The van der Waals surface area contributed by atoms with Gasteiger partial charge in [0.05, 0.1) is 40.0 Å². The number of rotatable bonds is 39. The molecule has 1 heterocycles. The number of quaternary nitrogens is 1. The molecule has 1 aliphatic carbocycles. The van der Waals surface area contributed by atoms with E-state index in [1.54, 1.807) is 0 Å². The van der Waals surface area contributed by atoms with Crippen molar-refractivity contribution in [2.75, 3.05) is 47.5 Å². The van der Waals surface area contributed by atoms with Gasteiger partial charge in [-0.3, -0.25) is 23.4 Å². The van der Waals surface area contributed by atoms with Crippen LogP contribution >= 0.6 is 7.82 Å². The second-order valence-electron chi connectivity index (χ2n) is 22.8. The number of allylic oxidation sites excluding steroid dienone is 2. The maximum atomic E-state index is 14.2. The molecule has 1 aliphatic heterocycles. The SMILES string of the molecule is CCCCC/C=C\C[C@@H]1/C(=C/[C@H]2O[C@@H]2CCCC(=O)O[C@H](COC(=O)CCCCCCCCCCCCCCC)COP(=O)(O)OCC[N+](C)(C)C)C(=O)C[C@H]1O[Si](c1ccccc1)(c1ccccc1)C(C)(C)C. The normalized spacial score (nSPS) is 20.0. The lowest BCUT2D eigenvalue weighted by Crippen LogP contribution is -2.68. The van der Waals surface area contributed by atoms with E-state index in [-0.39, 0.29) is 61.1 Å². The molecule has 1 saturated heterocycles. The summed E-state index contributed by atoms with van der Waals surface area (Å²) in [6.45, 7) is 10.9. The molecular weight excluding hydrogens is 970 g/mol. The van der Waals surface area contributed by atoms with E-state index in [1.165, 1.54) is 74.6 Å². The first-order valence-corrected chi connectivity index (χ1v) is 31.9. The number of likely N-dealkylation sites (N-methyl/N-ethyl adjacent to an activating group) is 1. The van der Waals surface area contributed by atoms with Crippen LogP contribution < -0.4 is 10.4 Å². The van der Waals surface area contributed by atoms with Gasteiger partial charge in [-0.2, -0.15) is 0 Å². The van der Waals surface area contributed by atoms with Gasteiger partial charge in [0, 0.05) is 25.2 Å². The highest BCUT2D eigenvalue weighted by Gasteiger charge is 2.54. The summed E-state index contributed by atoms with van der Waals surface area (Å²) in [4.78, 5) is 50.6. The summed E-state index contributed by atoms with van der Waals surface area (Å²) in [5.41, 5.74) is 0.757. The molecule has 1 unspecified atom stereocenters. The molecule has 2 fully saturated rings. The second kappa shape index (κ2) is 33.1. The number of ether oxygens (including phenoxy) is 3. The van der Waals surface area contributed by atoms with Gasteiger partial charge in [-0.15, -0.1) is 0 Å². The Kier molecular flexibility index (Phi) is 28.3. The Hall–Kier alpha value is -3.26. The lowest BCUT2D eigenvalue weighted by molar-refractivity contribution is -0.870. The molecule has 416 valence electrons. The first-order chi connectivity index (χ1) is 35.4. The summed E-state index contributed by atoms with van der Waals surface area (Å²) in [5.74, 6) is -1.04. The van der Waals surface area contributed by atoms with Crippen LogP contribution in [0.2, 0.25) is 5.04 Å². The highest BCUT2D eigenvalue weighted by molar-refractivity contribution is 7.47. The van der Waals surface area contributed by atoms with Crippen molar-refractivity contribution in [2.45, 2.75) is 212 Å². The fraction of sp³-hybridized carbons (Fsp3) is 0.683. The predicted octanol–water partition coefficient (Wildman–Crippen LogP) is 12.7. The van der Waals surface area contributed by atoms with Gasteiger partial charge < -0.3 is 28.0 Å². The van der Waals surface area contributed by atoms with Gasteiger partial charge in [0.2, 0.25) is 0 Å². The van der Waals surface area contributed by atoms with E-state index < -0.39 is 40.8 Å². The summed E-state index contributed by atoms with van der Waals surface area (Å²) >= 11 is 0. The fourth-order valence-electron chi connectivity index (χ4n) is 9.97. The summed E-state index contributed by atoms with van der Waals surface area (Å²) in [7, 11) is -1.63. The highest BCUT2D eigenvalue weighted by Crippen LogP contribution is 2.45. The van der Waals surface area contributed by atoms with Crippen molar-refractivity contribution in [2.24, 2.45) is 5.92 Å². The Morgan fingerprint density at radius 1 is 0.757 bits per heavy atom. The zero-order valence-electron chi connectivity index (χ0n) is 46.9. The summed E-state index contributed by atoms with van der Waals surface area (Å²) in [6, 6.07) is 21.1. The first-order valence-electron chi connectivity index (χ1n) is 28.5. The van der Waals surface area contributed by atoms with Crippen LogP contribution in [0.1, 0.15) is 182 Å². The third-order valence-corrected chi connectivity index (χ3v) is 20.4. The van der Waals surface area contributed by atoms with Crippen molar-refractivity contribution < 1.29 is 56.0 Å². The number of carbonyl (C=O) groups excluding carboxylic acids is 3. The maximum Gasteiger partial charge on any atom is 0.472 e. The van der Waals surface area contributed by atoms with Crippen LogP contribution in [0.3, 0.4) is 0 Å². The van der Waals surface area contributed by atoms with Crippen LogP contribution in [0.4, 0.5) is 0 Å². The van der Waals surface area contributed by atoms with Gasteiger partial charge in [-0.05, 0) is 65.6 Å². The molecule has 12 nitrogen and oxygen atoms in total. The molecule has 0 spiro atoms. The molecule has 2 aromatic rings. The number of phosphoric ester groups is 1. The number of unbranched alkanes of at least 4 members (excludes halogenated alkanes) is 15. The third-order valence-electron chi connectivity index (χ3n) is 14.3. The smallest absolute Gasteiger partial charge is 0.462 e. The van der Waals surface area contributed by atoms with Crippen molar-refractivity contribution >= 4 is 44.2 Å². The number of phosphoric acid groups is 1. The molecular formula is C60H97NO11PSi+. The van der Waals surface area contributed by atoms with Crippen LogP contribution in [-0.2, 0) is 46.6 Å². The van der Waals surface area contributed by atoms with Crippen molar-refractivity contribution in [3.05, 3.63) is 84.5 Å². The van der Waals surface area contributed by atoms with E-state index in [0.29, 0.717) is 43.1 Å². The summed E-state index contributed by atoms with van der Waals surface area (Å²) < 4.78 is 48.7. The molecule has 0 radical (unpaired) electrons. The monoisotopic (exact) mass is 1070 g/mol. The van der Waals surface area contributed by atoms with Gasteiger partial charge >= 0.3 is 19.8 Å². The van der Waals surface area contributed by atoms with Crippen LogP contribution in [0.25, 0.3) is 0 Å². The number of ketones is 1. The molecule has 14 heteroatoms. The summed E-state index contributed by atoms with van der Waals surface area (Å²) in [6.07, 6.45) is 26.9. The van der Waals surface area contributed by atoms with E-state index in [2.05, 4.69) is 95.3 Å². The number of carbonyl (C=O) groups is 3.